The number of unbranched alkanes of at least 4 members (excludes halogenated alkanes) is 1. The predicted octanol–water partition coefficient (Wildman–Crippen LogP) is 2.57. The summed E-state index contributed by atoms with van der Waals surface area (Å²) in [4.78, 5) is 66.0. The molecule has 15 heteroatoms. The number of hydrogen-bond acceptors (Lipinski definition) is 10. The number of ether oxygens (including phenoxy) is 3. The number of carbonyl (C=O) groups is 5. The molecular weight excluding hydrogens is 583 g/mol. The number of benzene rings is 1. The van der Waals surface area contributed by atoms with Gasteiger partial charge in [0.15, 0.2) is 0 Å². The van der Waals surface area contributed by atoms with Crippen LogP contribution in [-0.2, 0) is 28.6 Å². The fraction of sp³-hybridized carbons (Fsp3) is 0.423. The lowest BCUT2D eigenvalue weighted by Gasteiger charge is -2.27. The highest BCUT2D eigenvalue weighted by molar-refractivity contribution is 7.18. The number of amides is 4. The highest BCUT2D eigenvalue weighted by Crippen LogP contribution is 2.30. The van der Waals surface area contributed by atoms with E-state index in [1.165, 1.54) is 29.2 Å². The van der Waals surface area contributed by atoms with Crippen LogP contribution >= 0.6 is 22.9 Å². The Morgan fingerprint density at radius 2 is 1.98 bits per heavy atom. The third kappa shape index (κ3) is 7.58. The second kappa shape index (κ2) is 13.9. The minimum atomic E-state index is -0.934. The second-order valence-electron chi connectivity index (χ2n) is 9.15. The average molecular weight is 611 g/mol. The average Bonchev–Trinajstić information content (AvgIpc) is 3.55. The molecule has 1 atom stereocenters. The van der Waals surface area contributed by atoms with Crippen molar-refractivity contribution in [3.05, 3.63) is 45.4 Å². The normalized spacial score (nSPS) is 17.0. The zero-order valence-corrected chi connectivity index (χ0v) is 23.5. The maximum absolute atomic E-state index is 15.1. The number of halogens is 2. The van der Waals surface area contributed by atoms with Crippen LogP contribution < -0.4 is 15.5 Å². The van der Waals surface area contributed by atoms with E-state index in [0.29, 0.717) is 29.5 Å². The number of morpholine rings is 1. The maximum atomic E-state index is 15.1. The van der Waals surface area contributed by atoms with Gasteiger partial charge in [-0.25, -0.2) is 9.18 Å². The van der Waals surface area contributed by atoms with Gasteiger partial charge in [0.2, 0.25) is 5.91 Å². The molecule has 1 aromatic heterocycles. The third-order valence-electron chi connectivity index (χ3n) is 6.32. The zero-order chi connectivity index (χ0) is 29.5. The Labute approximate surface area is 243 Å². The lowest BCUT2D eigenvalue weighted by Crippen LogP contribution is -2.43. The molecule has 2 aliphatic heterocycles. The number of nitrogens with two attached hydrogens (primary N) is 1. The van der Waals surface area contributed by atoms with Crippen LogP contribution in [0.4, 0.5) is 20.6 Å². The molecule has 2 N–H and O–H groups in total. The smallest absolute Gasteiger partial charge is 0.414 e. The van der Waals surface area contributed by atoms with Crippen molar-refractivity contribution in [2.24, 2.45) is 5.73 Å². The summed E-state index contributed by atoms with van der Waals surface area (Å²) in [6.07, 6.45) is -1.11. The van der Waals surface area contributed by atoms with Gasteiger partial charge < -0.3 is 24.8 Å². The highest BCUT2D eigenvalue weighted by Gasteiger charge is 2.37. The Hall–Kier alpha value is -3.59. The largest absolute Gasteiger partial charge is 0.465 e. The molecule has 1 aromatic carbocycles. The Morgan fingerprint density at radius 3 is 2.66 bits per heavy atom. The fourth-order valence-electron chi connectivity index (χ4n) is 4.31. The van der Waals surface area contributed by atoms with Crippen LogP contribution in [0, 0.1) is 5.82 Å². The van der Waals surface area contributed by atoms with Gasteiger partial charge in [-0.2, -0.15) is 0 Å². The fourth-order valence-corrected chi connectivity index (χ4v) is 5.30. The number of thiophene rings is 1. The summed E-state index contributed by atoms with van der Waals surface area (Å²) in [6, 6.07) is 7.07. The van der Waals surface area contributed by atoms with Gasteiger partial charge in [0.1, 0.15) is 18.5 Å². The lowest BCUT2D eigenvalue weighted by atomic mass is 10.2. The molecule has 0 aliphatic carbocycles. The SMILES string of the molecule is NCC(=O)OCCCCC(=O)N(CC1CN(c2ccc(N3CCOCC3=O)cc2F)C(=O)O1)C(=O)c1ccc(Cl)s1. The molecule has 2 aliphatic rings. The van der Waals surface area contributed by atoms with Gasteiger partial charge in [0, 0.05) is 18.7 Å². The van der Waals surface area contributed by atoms with Crippen LogP contribution in [0.1, 0.15) is 28.9 Å². The minimum absolute atomic E-state index is 0.0360. The van der Waals surface area contributed by atoms with E-state index in [4.69, 9.17) is 31.5 Å². The number of anilines is 2. The van der Waals surface area contributed by atoms with Gasteiger partial charge in [0.05, 0.1) is 47.7 Å². The zero-order valence-electron chi connectivity index (χ0n) is 21.9. The van der Waals surface area contributed by atoms with Crippen molar-refractivity contribution < 1.29 is 42.6 Å². The first kappa shape index (κ1) is 30.4. The number of imide groups is 1. The summed E-state index contributed by atoms with van der Waals surface area (Å²) >= 11 is 6.98. The molecule has 12 nitrogen and oxygen atoms in total. The van der Waals surface area contributed by atoms with E-state index < -0.39 is 35.8 Å². The van der Waals surface area contributed by atoms with E-state index in [1.54, 1.807) is 0 Å². The molecule has 0 bridgehead atoms. The summed E-state index contributed by atoms with van der Waals surface area (Å²) in [5.41, 5.74) is 5.46. The van der Waals surface area contributed by atoms with Crippen molar-refractivity contribution >= 4 is 64.1 Å². The summed E-state index contributed by atoms with van der Waals surface area (Å²) < 4.78 is 30.9. The summed E-state index contributed by atoms with van der Waals surface area (Å²) in [5.74, 6) is -2.74. The number of cyclic esters (lactones) is 1. The summed E-state index contributed by atoms with van der Waals surface area (Å²) in [6.45, 7) is -0.0557. The monoisotopic (exact) mass is 610 g/mol. The van der Waals surface area contributed by atoms with Gasteiger partial charge in [-0.05, 0) is 43.2 Å². The second-order valence-corrected chi connectivity index (χ2v) is 10.9. The van der Waals surface area contributed by atoms with Crippen molar-refractivity contribution in [1.82, 2.24) is 4.90 Å². The number of rotatable bonds is 11. The molecule has 2 aromatic rings. The van der Waals surface area contributed by atoms with Gasteiger partial charge in [-0.1, -0.05) is 11.6 Å². The van der Waals surface area contributed by atoms with Crippen LogP contribution in [-0.4, -0.2) is 86.8 Å². The molecular formula is C26H28ClFN4O8S. The van der Waals surface area contributed by atoms with E-state index in [2.05, 4.69) is 0 Å². The maximum Gasteiger partial charge on any atom is 0.414 e. The van der Waals surface area contributed by atoms with Gasteiger partial charge in [-0.3, -0.25) is 29.0 Å². The van der Waals surface area contributed by atoms with Crippen molar-refractivity contribution in [3.8, 4) is 0 Å². The van der Waals surface area contributed by atoms with E-state index in [0.717, 1.165) is 27.2 Å². The molecule has 2 saturated heterocycles. The molecule has 0 saturated carbocycles. The van der Waals surface area contributed by atoms with Crippen LogP contribution in [0.2, 0.25) is 4.34 Å². The van der Waals surface area contributed by atoms with Crippen molar-refractivity contribution in [3.63, 3.8) is 0 Å². The topological polar surface area (TPSA) is 149 Å². The molecule has 1 unspecified atom stereocenters. The minimum Gasteiger partial charge on any atom is -0.465 e. The first-order valence-corrected chi connectivity index (χ1v) is 14.0. The summed E-state index contributed by atoms with van der Waals surface area (Å²) in [5, 5.41) is 0. The van der Waals surface area contributed by atoms with Crippen molar-refractivity contribution in [2.45, 2.75) is 25.4 Å². The first-order chi connectivity index (χ1) is 19.7. The van der Waals surface area contributed by atoms with E-state index in [9.17, 15) is 24.0 Å². The lowest BCUT2D eigenvalue weighted by molar-refractivity contribution is -0.142. The molecule has 4 rings (SSSR count). The van der Waals surface area contributed by atoms with Gasteiger partial charge in [0.25, 0.3) is 11.8 Å². The standard InChI is InChI=1S/C26H28ClFN4O8S/c27-21-7-6-20(41-21)25(36)32(22(33)3-1-2-9-39-24(35)12-29)14-17-13-31(26(37)40-17)19-5-4-16(11-18(19)28)30-8-10-38-15-23(30)34/h4-7,11,17H,1-3,8-10,12-15,29H2. The predicted molar refractivity (Wildman–Crippen MR) is 146 cm³/mol. The molecule has 41 heavy (non-hydrogen) atoms. The Bertz CT molecular complexity index is 1320. The van der Waals surface area contributed by atoms with Crippen LogP contribution in [0.5, 0.6) is 0 Å². The number of carbonyl (C=O) groups excluding carboxylic acids is 5. The van der Waals surface area contributed by atoms with Crippen molar-refractivity contribution in [1.29, 1.82) is 0 Å². The molecule has 220 valence electrons. The highest BCUT2D eigenvalue weighted by atomic mass is 35.5. The van der Waals surface area contributed by atoms with Crippen LogP contribution in [0.15, 0.2) is 30.3 Å². The van der Waals surface area contributed by atoms with E-state index >= 15 is 4.39 Å². The Kier molecular flexibility index (Phi) is 10.3. The van der Waals surface area contributed by atoms with Crippen LogP contribution in [0.3, 0.4) is 0 Å². The van der Waals surface area contributed by atoms with Crippen molar-refractivity contribution in [2.75, 3.05) is 55.8 Å². The molecule has 3 heterocycles. The third-order valence-corrected chi connectivity index (χ3v) is 7.54. The molecule has 0 spiro atoms. The van der Waals surface area contributed by atoms with Gasteiger partial charge >= 0.3 is 12.1 Å². The van der Waals surface area contributed by atoms with Crippen LogP contribution in [0.25, 0.3) is 0 Å². The number of nitrogens with zero attached hydrogens (tertiary/aromatic N) is 3. The number of hydrogen-bond donors (Lipinski definition) is 1. The molecule has 4 amide bonds. The Morgan fingerprint density at radius 1 is 1.17 bits per heavy atom. The molecule has 2 fully saturated rings. The van der Waals surface area contributed by atoms with E-state index in [1.807, 2.05) is 0 Å². The van der Waals surface area contributed by atoms with E-state index in [-0.39, 0.29) is 62.3 Å². The number of esters is 1. The Balaban J connectivity index is 1.43. The first-order valence-electron chi connectivity index (χ1n) is 12.8. The summed E-state index contributed by atoms with van der Waals surface area (Å²) in [7, 11) is 0. The van der Waals surface area contributed by atoms with Gasteiger partial charge in [-0.15, -0.1) is 11.3 Å². The molecule has 0 radical (unpaired) electrons. The quantitative estimate of drug-likeness (QED) is 0.299.